The van der Waals surface area contributed by atoms with Crippen molar-refractivity contribution in [2.75, 3.05) is 19.6 Å². The van der Waals surface area contributed by atoms with E-state index in [0.29, 0.717) is 0 Å². The lowest BCUT2D eigenvalue weighted by Gasteiger charge is -2.32. The molecule has 0 amide bonds. The van der Waals surface area contributed by atoms with E-state index in [0.717, 1.165) is 19.0 Å². The number of likely N-dealkylation sites (tertiary alicyclic amines) is 1. The number of hydrogen-bond acceptors (Lipinski definition) is 3. The third-order valence-corrected chi connectivity index (χ3v) is 6.62. The lowest BCUT2D eigenvalue weighted by atomic mass is 9.90. The van der Waals surface area contributed by atoms with E-state index in [1.165, 1.54) is 67.3 Å². The van der Waals surface area contributed by atoms with Crippen LogP contribution in [0.15, 0.2) is 73.4 Å². The van der Waals surface area contributed by atoms with Gasteiger partial charge in [0.05, 0.1) is 6.54 Å². The number of benzene rings is 2. The summed E-state index contributed by atoms with van der Waals surface area (Å²) in [5.41, 5.74) is 4.10. The fourth-order valence-electron chi connectivity index (χ4n) is 4.86. The molecular formula is C26H33Cl2N5. The van der Waals surface area contributed by atoms with Crippen molar-refractivity contribution in [1.82, 2.24) is 24.2 Å². The van der Waals surface area contributed by atoms with Gasteiger partial charge in [-0.1, -0.05) is 42.5 Å². The highest BCUT2D eigenvalue weighted by atomic mass is 35.5. The Morgan fingerprint density at radius 1 is 0.818 bits per heavy atom. The quantitative estimate of drug-likeness (QED) is 0.332. The van der Waals surface area contributed by atoms with Crippen LogP contribution in [0.2, 0.25) is 0 Å². The van der Waals surface area contributed by atoms with Crippen molar-refractivity contribution in [3.05, 3.63) is 84.6 Å². The van der Waals surface area contributed by atoms with Crippen LogP contribution in [-0.4, -0.2) is 43.9 Å². The fourth-order valence-corrected chi connectivity index (χ4v) is 4.86. The molecule has 1 saturated heterocycles. The molecule has 3 heterocycles. The molecule has 0 unspecified atom stereocenters. The van der Waals surface area contributed by atoms with Crippen molar-refractivity contribution in [1.29, 1.82) is 0 Å². The summed E-state index contributed by atoms with van der Waals surface area (Å²) in [6.45, 7) is 5.56. The monoisotopic (exact) mass is 485 g/mol. The number of halogens is 2. The van der Waals surface area contributed by atoms with Gasteiger partial charge in [-0.2, -0.15) is 0 Å². The van der Waals surface area contributed by atoms with Gasteiger partial charge in [0.2, 0.25) is 0 Å². The van der Waals surface area contributed by atoms with Crippen molar-refractivity contribution in [2.45, 2.75) is 38.8 Å². The topological polar surface area (TPSA) is 38.9 Å². The maximum atomic E-state index is 3.90. The molecule has 5 rings (SSSR count). The van der Waals surface area contributed by atoms with Gasteiger partial charge >= 0.3 is 0 Å². The third kappa shape index (κ3) is 6.59. The molecule has 0 spiro atoms. The van der Waals surface area contributed by atoms with Gasteiger partial charge in [-0.25, -0.2) is 0 Å². The molecule has 0 atom stereocenters. The highest BCUT2D eigenvalue weighted by Crippen LogP contribution is 2.22. The first-order chi connectivity index (χ1) is 15.3. The predicted molar refractivity (Wildman–Crippen MR) is 139 cm³/mol. The van der Waals surface area contributed by atoms with Gasteiger partial charge in [0.15, 0.2) is 0 Å². The van der Waals surface area contributed by atoms with Gasteiger partial charge in [-0.05, 0) is 79.9 Å². The number of aryl methyl sites for hydroxylation is 1. The minimum atomic E-state index is 0. The summed E-state index contributed by atoms with van der Waals surface area (Å²) in [5, 5.41) is 9.12. The molecule has 0 saturated carbocycles. The van der Waals surface area contributed by atoms with Crippen LogP contribution in [0.3, 0.4) is 0 Å². The molecule has 1 aliphatic rings. The predicted octanol–water partition coefficient (Wildman–Crippen LogP) is 5.47. The summed E-state index contributed by atoms with van der Waals surface area (Å²) in [6.07, 6.45) is 10.9. The van der Waals surface area contributed by atoms with E-state index < -0.39 is 0 Å². The molecule has 7 heteroatoms. The van der Waals surface area contributed by atoms with Crippen LogP contribution < -0.4 is 0 Å². The van der Waals surface area contributed by atoms with Gasteiger partial charge in [0.1, 0.15) is 12.7 Å². The van der Waals surface area contributed by atoms with E-state index >= 15 is 0 Å². The molecule has 0 bridgehead atoms. The lowest BCUT2D eigenvalue weighted by Crippen LogP contribution is -2.35. The standard InChI is InChI=1S/C26H31N5.2ClH/c1-2-5-22(6-3-1)17-23-9-14-29(15-10-23)12-4-13-31-16-11-25-8-7-24(18-26(25)31)19-30-20-27-28-21-30;;/h1-3,5-8,11,16,18,20-21,23H,4,9-10,12-15,17,19H2;2*1H. The Labute approximate surface area is 208 Å². The highest BCUT2D eigenvalue weighted by molar-refractivity contribution is 5.85. The van der Waals surface area contributed by atoms with Gasteiger partial charge in [0.25, 0.3) is 0 Å². The van der Waals surface area contributed by atoms with Crippen molar-refractivity contribution < 1.29 is 0 Å². The molecule has 2 aromatic heterocycles. The zero-order chi connectivity index (χ0) is 20.9. The fraction of sp³-hybridized carbons (Fsp3) is 0.385. The summed E-state index contributed by atoms with van der Waals surface area (Å²) in [7, 11) is 0. The van der Waals surface area contributed by atoms with Gasteiger partial charge in [-0.15, -0.1) is 35.0 Å². The summed E-state index contributed by atoms with van der Waals surface area (Å²) < 4.78 is 4.42. The van der Waals surface area contributed by atoms with E-state index in [1.54, 1.807) is 12.7 Å². The molecule has 0 aliphatic carbocycles. The average molecular weight is 486 g/mol. The number of hydrogen-bond donors (Lipinski definition) is 0. The molecular weight excluding hydrogens is 453 g/mol. The molecule has 0 radical (unpaired) electrons. The van der Waals surface area contributed by atoms with Crippen LogP contribution in [0.5, 0.6) is 0 Å². The van der Waals surface area contributed by atoms with Crippen LogP contribution in [-0.2, 0) is 19.5 Å². The SMILES string of the molecule is Cl.Cl.c1ccc(CC2CCN(CCCn3ccc4ccc(Cn5cnnc5)cc43)CC2)cc1. The molecule has 0 N–H and O–H groups in total. The van der Waals surface area contributed by atoms with E-state index in [2.05, 4.69) is 80.5 Å². The highest BCUT2D eigenvalue weighted by Gasteiger charge is 2.19. The minimum absolute atomic E-state index is 0. The lowest BCUT2D eigenvalue weighted by molar-refractivity contribution is 0.180. The Morgan fingerprint density at radius 3 is 2.33 bits per heavy atom. The molecule has 176 valence electrons. The van der Waals surface area contributed by atoms with Gasteiger partial charge in [-0.3, -0.25) is 0 Å². The maximum absolute atomic E-state index is 3.90. The first kappa shape index (κ1) is 25.3. The molecule has 5 nitrogen and oxygen atoms in total. The number of nitrogens with zero attached hydrogens (tertiary/aromatic N) is 5. The van der Waals surface area contributed by atoms with Crippen LogP contribution in [0.4, 0.5) is 0 Å². The Morgan fingerprint density at radius 2 is 1.58 bits per heavy atom. The summed E-state index contributed by atoms with van der Waals surface area (Å²) in [6, 6.07) is 19.9. The van der Waals surface area contributed by atoms with Crippen LogP contribution in [0, 0.1) is 5.92 Å². The normalized spacial score (nSPS) is 14.7. The van der Waals surface area contributed by atoms with E-state index in [4.69, 9.17) is 0 Å². The maximum Gasteiger partial charge on any atom is 0.119 e. The Hall–Kier alpha value is -2.34. The van der Waals surface area contributed by atoms with E-state index in [9.17, 15) is 0 Å². The minimum Gasteiger partial charge on any atom is -0.347 e. The molecule has 1 aliphatic heterocycles. The Balaban J connectivity index is 0.00000153. The number of piperidine rings is 1. The summed E-state index contributed by atoms with van der Waals surface area (Å²) in [4.78, 5) is 2.66. The largest absolute Gasteiger partial charge is 0.347 e. The number of aromatic nitrogens is 4. The number of rotatable bonds is 8. The van der Waals surface area contributed by atoms with Crippen molar-refractivity contribution >= 4 is 35.7 Å². The van der Waals surface area contributed by atoms with Crippen molar-refractivity contribution in [2.24, 2.45) is 5.92 Å². The molecule has 33 heavy (non-hydrogen) atoms. The third-order valence-electron chi connectivity index (χ3n) is 6.62. The Bertz CT molecular complexity index is 1090. The second kappa shape index (κ2) is 12.2. The zero-order valence-electron chi connectivity index (χ0n) is 18.9. The first-order valence-corrected chi connectivity index (χ1v) is 11.5. The van der Waals surface area contributed by atoms with Crippen LogP contribution in [0.25, 0.3) is 10.9 Å². The first-order valence-electron chi connectivity index (χ1n) is 11.5. The molecule has 2 aromatic carbocycles. The van der Waals surface area contributed by atoms with Crippen LogP contribution >= 0.6 is 24.8 Å². The zero-order valence-corrected chi connectivity index (χ0v) is 20.6. The smallest absolute Gasteiger partial charge is 0.119 e. The summed E-state index contributed by atoms with van der Waals surface area (Å²) in [5.74, 6) is 0.844. The van der Waals surface area contributed by atoms with Crippen LogP contribution in [0.1, 0.15) is 30.4 Å². The summed E-state index contributed by atoms with van der Waals surface area (Å²) >= 11 is 0. The van der Waals surface area contributed by atoms with Gasteiger partial charge in [0, 0.05) is 18.3 Å². The van der Waals surface area contributed by atoms with E-state index in [1.807, 2.05) is 4.57 Å². The van der Waals surface area contributed by atoms with E-state index in [-0.39, 0.29) is 24.8 Å². The molecule has 4 aromatic rings. The van der Waals surface area contributed by atoms with Crippen molar-refractivity contribution in [3.8, 4) is 0 Å². The average Bonchev–Trinajstić information content (AvgIpc) is 3.46. The molecule has 1 fully saturated rings. The second-order valence-corrected chi connectivity index (χ2v) is 8.86. The Kier molecular flexibility index (Phi) is 9.36. The van der Waals surface area contributed by atoms with Crippen molar-refractivity contribution in [3.63, 3.8) is 0 Å². The van der Waals surface area contributed by atoms with Gasteiger partial charge < -0.3 is 14.0 Å². The second-order valence-electron chi connectivity index (χ2n) is 8.86. The number of fused-ring (bicyclic) bond motifs is 1.